The van der Waals surface area contributed by atoms with Crippen LogP contribution in [0.15, 0.2) is 24.3 Å². The van der Waals surface area contributed by atoms with E-state index >= 15 is 0 Å². The number of carboxylic acids is 1. The molecule has 0 saturated carbocycles. The minimum absolute atomic E-state index is 0.213. The number of benzene rings is 1. The number of carboxylic acid groups (broad SMARTS) is 1. The van der Waals surface area contributed by atoms with Gasteiger partial charge in [0.25, 0.3) is 0 Å². The van der Waals surface area contributed by atoms with Crippen molar-refractivity contribution in [2.45, 2.75) is 122 Å². The number of carbonyl (C=O) groups excluding carboxylic acids is 1. The molecule has 0 aromatic heterocycles. The summed E-state index contributed by atoms with van der Waals surface area (Å²) in [6.07, 6.45) is 20.2. The lowest BCUT2D eigenvalue weighted by Gasteiger charge is -2.08. The second kappa shape index (κ2) is 18.7. The van der Waals surface area contributed by atoms with Gasteiger partial charge in [-0.2, -0.15) is 0 Å². The minimum atomic E-state index is -1.02. The number of hydrogen-bond donors (Lipinski definition) is 2. The van der Waals surface area contributed by atoms with Gasteiger partial charge in [-0.05, 0) is 30.5 Å². The molecule has 0 amide bonds. The summed E-state index contributed by atoms with van der Waals surface area (Å²) in [4.78, 5) is 22.8. The van der Waals surface area contributed by atoms with E-state index in [1.165, 1.54) is 83.5 Å². The number of rotatable bonds is 20. The van der Waals surface area contributed by atoms with Crippen LogP contribution in [0.4, 0.5) is 0 Å². The molecule has 1 aromatic rings. The highest BCUT2D eigenvalue weighted by Crippen LogP contribution is 2.16. The van der Waals surface area contributed by atoms with Crippen LogP contribution in [0.2, 0.25) is 0 Å². The zero-order valence-electron chi connectivity index (χ0n) is 20.2. The van der Waals surface area contributed by atoms with E-state index in [1.807, 2.05) is 0 Å². The van der Waals surface area contributed by atoms with Crippen molar-refractivity contribution in [3.63, 3.8) is 0 Å². The zero-order chi connectivity index (χ0) is 23.4. The second-order valence-corrected chi connectivity index (χ2v) is 8.97. The maximum absolute atomic E-state index is 12.0. The highest BCUT2D eigenvalue weighted by molar-refractivity contribution is 5.73. The van der Waals surface area contributed by atoms with Crippen LogP contribution >= 0.6 is 0 Å². The highest BCUT2D eigenvalue weighted by Gasteiger charge is 2.12. The van der Waals surface area contributed by atoms with Crippen LogP contribution in [0, 0.1) is 0 Å². The molecule has 1 atom stereocenters. The Morgan fingerprint density at radius 3 is 1.66 bits per heavy atom. The lowest BCUT2D eigenvalue weighted by atomic mass is 10.0. The molecule has 0 bridgehead atoms. The average Bonchev–Trinajstić information content (AvgIpc) is 2.77. The first-order valence-electron chi connectivity index (χ1n) is 12.8. The largest absolute Gasteiger partial charge is 0.480 e. The van der Waals surface area contributed by atoms with E-state index in [4.69, 9.17) is 15.6 Å². The molecule has 0 spiro atoms. The van der Waals surface area contributed by atoms with Gasteiger partial charge in [-0.3, -0.25) is 9.59 Å². The Morgan fingerprint density at radius 2 is 1.22 bits per heavy atom. The van der Waals surface area contributed by atoms with E-state index in [1.54, 1.807) is 24.3 Å². The molecule has 0 fully saturated rings. The summed E-state index contributed by atoms with van der Waals surface area (Å²) in [6.45, 7) is 2.27. The van der Waals surface area contributed by atoms with Gasteiger partial charge in [0.15, 0.2) is 0 Å². The van der Waals surface area contributed by atoms with Crippen LogP contribution in [0.3, 0.4) is 0 Å². The van der Waals surface area contributed by atoms with E-state index in [9.17, 15) is 9.59 Å². The lowest BCUT2D eigenvalue weighted by Crippen LogP contribution is -2.32. The first-order valence-corrected chi connectivity index (χ1v) is 12.8. The van der Waals surface area contributed by atoms with Crippen molar-refractivity contribution in [3.05, 3.63) is 29.8 Å². The zero-order valence-corrected chi connectivity index (χ0v) is 20.2. The summed E-state index contributed by atoms with van der Waals surface area (Å²) in [5.41, 5.74) is 6.34. The second-order valence-electron chi connectivity index (χ2n) is 8.97. The van der Waals surface area contributed by atoms with Crippen molar-refractivity contribution in [3.8, 4) is 5.75 Å². The molecular formula is C27H45NO4. The number of hydrogen-bond acceptors (Lipinski definition) is 4. The number of esters is 1. The van der Waals surface area contributed by atoms with Gasteiger partial charge in [0, 0.05) is 6.42 Å². The van der Waals surface area contributed by atoms with E-state index in [-0.39, 0.29) is 12.4 Å². The van der Waals surface area contributed by atoms with Gasteiger partial charge in [0.05, 0.1) is 0 Å². The Labute approximate surface area is 195 Å². The van der Waals surface area contributed by atoms with Crippen molar-refractivity contribution in [2.24, 2.45) is 5.73 Å². The van der Waals surface area contributed by atoms with Crippen LogP contribution in [0.5, 0.6) is 5.75 Å². The molecule has 1 aromatic carbocycles. The van der Waals surface area contributed by atoms with Gasteiger partial charge in [-0.25, -0.2) is 0 Å². The number of nitrogens with two attached hydrogens (primary N) is 1. The SMILES string of the molecule is CCCCCCCCCCCCCCCCCC(=O)Oc1ccc(C[C@H](N)C(=O)O)cc1. The summed E-state index contributed by atoms with van der Waals surface area (Å²) in [6, 6.07) is 5.95. The highest BCUT2D eigenvalue weighted by atomic mass is 16.5. The Balaban J connectivity index is 1.95. The Morgan fingerprint density at radius 1 is 0.781 bits per heavy atom. The van der Waals surface area contributed by atoms with Gasteiger partial charge < -0.3 is 15.6 Å². The topological polar surface area (TPSA) is 89.6 Å². The van der Waals surface area contributed by atoms with Gasteiger partial charge in [0.2, 0.25) is 0 Å². The van der Waals surface area contributed by atoms with E-state index in [2.05, 4.69) is 6.92 Å². The monoisotopic (exact) mass is 447 g/mol. The molecule has 0 aliphatic rings. The first-order chi connectivity index (χ1) is 15.5. The summed E-state index contributed by atoms with van der Waals surface area (Å²) in [7, 11) is 0. The van der Waals surface area contributed by atoms with E-state index in [0.717, 1.165) is 18.4 Å². The Bertz CT molecular complexity index is 615. The smallest absolute Gasteiger partial charge is 0.320 e. The third-order valence-electron chi connectivity index (χ3n) is 5.91. The molecule has 182 valence electrons. The maximum atomic E-state index is 12.0. The van der Waals surface area contributed by atoms with Crippen molar-refractivity contribution >= 4 is 11.9 Å². The molecule has 32 heavy (non-hydrogen) atoms. The summed E-state index contributed by atoms with van der Waals surface area (Å²) in [5, 5.41) is 8.85. The quantitative estimate of drug-likeness (QED) is 0.130. The molecule has 3 N–H and O–H groups in total. The van der Waals surface area contributed by atoms with Gasteiger partial charge in [0.1, 0.15) is 11.8 Å². The molecule has 0 unspecified atom stereocenters. The predicted octanol–water partition coefficient (Wildman–Crippen LogP) is 6.81. The van der Waals surface area contributed by atoms with Gasteiger partial charge in [-0.1, -0.05) is 109 Å². The number of aliphatic carboxylic acids is 1. The van der Waals surface area contributed by atoms with Crippen molar-refractivity contribution < 1.29 is 19.4 Å². The van der Waals surface area contributed by atoms with Crippen LogP contribution in [0.1, 0.15) is 115 Å². The van der Waals surface area contributed by atoms with Crippen molar-refractivity contribution in [1.29, 1.82) is 0 Å². The van der Waals surface area contributed by atoms with Crippen LogP contribution < -0.4 is 10.5 Å². The van der Waals surface area contributed by atoms with Crippen molar-refractivity contribution in [1.82, 2.24) is 0 Å². The van der Waals surface area contributed by atoms with Crippen LogP contribution in [-0.2, 0) is 16.0 Å². The first kappa shape index (κ1) is 28.2. The van der Waals surface area contributed by atoms with E-state index in [0.29, 0.717) is 12.2 Å². The summed E-state index contributed by atoms with van der Waals surface area (Å²) < 4.78 is 5.35. The normalized spacial score (nSPS) is 11.9. The molecule has 0 saturated heterocycles. The van der Waals surface area contributed by atoms with E-state index < -0.39 is 12.0 Å². The fourth-order valence-corrected chi connectivity index (χ4v) is 3.86. The molecule has 5 nitrogen and oxygen atoms in total. The number of ether oxygens (including phenoxy) is 1. The minimum Gasteiger partial charge on any atom is -0.480 e. The summed E-state index contributed by atoms with van der Waals surface area (Å²) in [5.74, 6) is -0.748. The number of carbonyl (C=O) groups is 2. The molecule has 5 heteroatoms. The molecule has 0 heterocycles. The lowest BCUT2D eigenvalue weighted by molar-refractivity contribution is -0.138. The Kier molecular flexibility index (Phi) is 16.4. The van der Waals surface area contributed by atoms with Crippen molar-refractivity contribution in [2.75, 3.05) is 0 Å². The molecule has 0 radical (unpaired) electrons. The fourth-order valence-electron chi connectivity index (χ4n) is 3.86. The molecule has 0 aliphatic carbocycles. The Hall–Kier alpha value is -1.88. The third-order valence-corrected chi connectivity index (χ3v) is 5.91. The van der Waals surface area contributed by atoms with Gasteiger partial charge >= 0.3 is 11.9 Å². The van der Waals surface area contributed by atoms with Gasteiger partial charge in [-0.15, -0.1) is 0 Å². The molecular weight excluding hydrogens is 402 g/mol. The predicted molar refractivity (Wildman–Crippen MR) is 131 cm³/mol. The summed E-state index contributed by atoms with van der Waals surface area (Å²) >= 11 is 0. The standard InChI is InChI=1S/C27H45NO4/c1-2-3-4-5-6-7-8-9-10-11-12-13-14-15-16-17-26(29)32-24-20-18-23(19-21-24)22-25(28)27(30)31/h18-21,25H,2-17,22,28H2,1H3,(H,30,31)/t25-/m0/s1. The number of unbranched alkanes of at least 4 members (excludes halogenated alkanes) is 14. The maximum Gasteiger partial charge on any atom is 0.320 e. The fraction of sp³-hybridized carbons (Fsp3) is 0.704. The van der Waals surface area contributed by atoms with Crippen LogP contribution in [0.25, 0.3) is 0 Å². The van der Waals surface area contributed by atoms with Crippen LogP contribution in [-0.4, -0.2) is 23.1 Å². The molecule has 1 rings (SSSR count). The average molecular weight is 448 g/mol. The molecule has 0 aliphatic heterocycles. The third kappa shape index (κ3) is 15.0.